The zero-order valence-electron chi connectivity index (χ0n) is 12.7. The van der Waals surface area contributed by atoms with Gasteiger partial charge in [0.05, 0.1) is 19.3 Å². The second-order valence-corrected chi connectivity index (χ2v) is 6.20. The van der Waals surface area contributed by atoms with Gasteiger partial charge in [0.1, 0.15) is 0 Å². The Morgan fingerprint density at radius 3 is 2.81 bits per heavy atom. The Kier molecular flexibility index (Phi) is 4.66. The summed E-state index contributed by atoms with van der Waals surface area (Å²) in [5, 5.41) is 14.1. The number of piperidine rings is 1. The number of ether oxygens (including phenoxy) is 2. The van der Waals surface area contributed by atoms with Crippen LogP contribution in [-0.2, 0) is 0 Å². The largest absolute Gasteiger partial charge is 0.490 e. The van der Waals surface area contributed by atoms with Crippen molar-refractivity contribution in [1.82, 2.24) is 5.32 Å². The summed E-state index contributed by atoms with van der Waals surface area (Å²) in [6, 6.07) is 6.75. The predicted molar refractivity (Wildman–Crippen MR) is 81.9 cm³/mol. The lowest BCUT2D eigenvalue weighted by Gasteiger charge is -2.30. The Balaban J connectivity index is 1.66. The van der Waals surface area contributed by atoms with E-state index >= 15 is 0 Å². The average Bonchev–Trinajstić information content (AvgIpc) is 2.71. The summed E-state index contributed by atoms with van der Waals surface area (Å²) >= 11 is 0. The third kappa shape index (κ3) is 3.69. The minimum absolute atomic E-state index is 0.403. The minimum atomic E-state index is -0.454. The van der Waals surface area contributed by atoms with Crippen LogP contribution in [0.4, 0.5) is 0 Å². The van der Waals surface area contributed by atoms with Crippen molar-refractivity contribution in [3.63, 3.8) is 0 Å². The lowest BCUT2D eigenvalue weighted by molar-refractivity contribution is 0.139. The molecule has 1 fully saturated rings. The van der Waals surface area contributed by atoms with Crippen molar-refractivity contribution in [2.75, 3.05) is 13.2 Å². The summed E-state index contributed by atoms with van der Waals surface area (Å²) in [6.07, 6.45) is 4.82. The molecule has 1 aromatic carbocycles. The van der Waals surface area contributed by atoms with Gasteiger partial charge in [-0.15, -0.1) is 0 Å². The first kappa shape index (κ1) is 14.7. The zero-order valence-corrected chi connectivity index (χ0v) is 12.7. The zero-order chi connectivity index (χ0) is 14.7. The molecule has 0 bridgehead atoms. The molecule has 2 aliphatic heterocycles. The predicted octanol–water partition coefficient (Wildman–Crippen LogP) is 2.80. The van der Waals surface area contributed by atoms with Gasteiger partial charge in [0, 0.05) is 18.5 Å². The van der Waals surface area contributed by atoms with Crippen LogP contribution in [0.5, 0.6) is 11.5 Å². The maximum Gasteiger partial charge on any atom is 0.161 e. The van der Waals surface area contributed by atoms with E-state index in [1.807, 2.05) is 18.2 Å². The first-order valence-electron chi connectivity index (χ1n) is 8.06. The molecule has 1 saturated heterocycles. The molecule has 0 amide bonds. The van der Waals surface area contributed by atoms with E-state index in [9.17, 15) is 5.11 Å². The number of aliphatic hydroxyl groups excluding tert-OH is 1. The van der Waals surface area contributed by atoms with Crippen LogP contribution in [0.1, 0.15) is 50.7 Å². The lowest BCUT2D eigenvalue weighted by atomic mass is 9.93. The van der Waals surface area contributed by atoms with E-state index in [1.54, 1.807) is 0 Å². The fraction of sp³-hybridized carbons (Fsp3) is 0.647. The smallest absolute Gasteiger partial charge is 0.161 e. The van der Waals surface area contributed by atoms with Crippen LogP contribution in [0.25, 0.3) is 0 Å². The Hall–Kier alpha value is -1.26. The topological polar surface area (TPSA) is 50.7 Å². The molecule has 0 radical (unpaired) electrons. The molecular formula is C17H25NO3. The molecule has 116 valence electrons. The highest BCUT2D eigenvalue weighted by Gasteiger charge is 2.22. The summed E-state index contributed by atoms with van der Waals surface area (Å²) in [5.41, 5.74) is 0.916. The Bertz CT molecular complexity index is 477. The molecule has 3 rings (SSSR count). The third-order valence-corrected chi connectivity index (χ3v) is 4.37. The van der Waals surface area contributed by atoms with Gasteiger partial charge >= 0.3 is 0 Å². The molecule has 2 N–H and O–H groups in total. The molecule has 0 aromatic heterocycles. The molecule has 2 aliphatic rings. The number of hydrogen-bond acceptors (Lipinski definition) is 4. The maximum atomic E-state index is 10.5. The van der Waals surface area contributed by atoms with Crippen LogP contribution >= 0.6 is 0 Å². The molecule has 4 nitrogen and oxygen atoms in total. The summed E-state index contributed by atoms with van der Waals surface area (Å²) in [7, 11) is 0. The molecule has 0 saturated carbocycles. The normalized spacial score (nSPS) is 27.0. The van der Waals surface area contributed by atoms with Crippen molar-refractivity contribution in [3.8, 4) is 11.5 Å². The van der Waals surface area contributed by atoms with Crippen molar-refractivity contribution in [3.05, 3.63) is 23.8 Å². The van der Waals surface area contributed by atoms with Gasteiger partial charge in [0.15, 0.2) is 11.5 Å². The van der Waals surface area contributed by atoms with E-state index in [-0.39, 0.29) is 0 Å². The van der Waals surface area contributed by atoms with E-state index in [4.69, 9.17) is 9.47 Å². The molecular weight excluding hydrogens is 266 g/mol. The van der Waals surface area contributed by atoms with Crippen LogP contribution < -0.4 is 14.8 Å². The van der Waals surface area contributed by atoms with Crippen molar-refractivity contribution in [2.45, 2.75) is 57.2 Å². The van der Waals surface area contributed by atoms with Crippen molar-refractivity contribution in [1.29, 1.82) is 0 Å². The van der Waals surface area contributed by atoms with Gasteiger partial charge in [-0.3, -0.25) is 0 Å². The van der Waals surface area contributed by atoms with Gasteiger partial charge in [-0.05, 0) is 43.9 Å². The van der Waals surface area contributed by atoms with Gasteiger partial charge in [-0.1, -0.05) is 12.5 Å². The number of hydrogen-bond donors (Lipinski definition) is 2. The fourth-order valence-electron chi connectivity index (χ4n) is 3.22. The van der Waals surface area contributed by atoms with Crippen molar-refractivity contribution >= 4 is 0 Å². The second-order valence-electron chi connectivity index (χ2n) is 6.20. The van der Waals surface area contributed by atoms with Crippen LogP contribution in [0.3, 0.4) is 0 Å². The van der Waals surface area contributed by atoms with Gasteiger partial charge in [0.25, 0.3) is 0 Å². The van der Waals surface area contributed by atoms with Crippen molar-refractivity contribution < 1.29 is 14.6 Å². The average molecular weight is 291 g/mol. The van der Waals surface area contributed by atoms with Crippen LogP contribution in [0.2, 0.25) is 0 Å². The highest BCUT2D eigenvalue weighted by molar-refractivity contribution is 5.44. The Labute approximate surface area is 126 Å². The summed E-state index contributed by atoms with van der Waals surface area (Å²) < 4.78 is 11.3. The highest BCUT2D eigenvalue weighted by atomic mass is 16.5. The second kappa shape index (κ2) is 6.67. The molecule has 2 heterocycles. The quantitative estimate of drug-likeness (QED) is 0.899. The molecule has 4 heteroatoms. The summed E-state index contributed by atoms with van der Waals surface area (Å²) in [6.45, 7) is 3.58. The van der Waals surface area contributed by atoms with E-state index in [0.29, 0.717) is 25.3 Å². The maximum absolute atomic E-state index is 10.5. The number of benzene rings is 1. The van der Waals surface area contributed by atoms with Gasteiger partial charge in [-0.25, -0.2) is 0 Å². The number of fused-ring (bicyclic) bond motifs is 1. The van der Waals surface area contributed by atoms with E-state index in [1.165, 1.54) is 12.8 Å². The van der Waals surface area contributed by atoms with Crippen LogP contribution in [-0.4, -0.2) is 30.4 Å². The first-order valence-corrected chi connectivity index (χ1v) is 8.06. The number of aliphatic hydroxyl groups is 1. The Morgan fingerprint density at radius 1 is 1.19 bits per heavy atom. The number of nitrogens with one attached hydrogen (secondary N) is 1. The van der Waals surface area contributed by atoms with Crippen LogP contribution in [0, 0.1) is 0 Å². The number of rotatable bonds is 3. The first-order chi connectivity index (χ1) is 10.2. The van der Waals surface area contributed by atoms with Gasteiger partial charge < -0.3 is 19.9 Å². The van der Waals surface area contributed by atoms with Crippen LogP contribution in [0.15, 0.2) is 18.2 Å². The molecule has 1 aromatic rings. The molecule has 3 unspecified atom stereocenters. The van der Waals surface area contributed by atoms with Crippen molar-refractivity contribution in [2.24, 2.45) is 0 Å². The SMILES string of the molecule is CC1CCCC(CC(O)c2ccc3c(c2)OCCCO3)N1. The van der Waals surface area contributed by atoms with E-state index in [0.717, 1.165) is 36.3 Å². The fourth-order valence-corrected chi connectivity index (χ4v) is 3.22. The standard InChI is InChI=1S/C17H25NO3/c1-12-4-2-5-14(18-12)11-15(19)13-6-7-16-17(10-13)21-9-3-8-20-16/h6-7,10,12,14-15,18-19H,2-5,8-9,11H2,1H3. The van der Waals surface area contributed by atoms with Gasteiger partial charge in [0.2, 0.25) is 0 Å². The summed E-state index contributed by atoms with van der Waals surface area (Å²) in [4.78, 5) is 0. The Morgan fingerprint density at radius 2 is 2.00 bits per heavy atom. The monoisotopic (exact) mass is 291 g/mol. The summed E-state index contributed by atoms with van der Waals surface area (Å²) in [5.74, 6) is 1.54. The third-order valence-electron chi connectivity index (χ3n) is 4.37. The molecule has 0 spiro atoms. The highest BCUT2D eigenvalue weighted by Crippen LogP contribution is 2.33. The molecule has 21 heavy (non-hydrogen) atoms. The van der Waals surface area contributed by atoms with E-state index in [2.05, 4.69) is 12.2 Å². The van der Waals surface area contributed by atoms with Gasteiger partial charge in [-0.2, -0.15) is 0 Å². The minimum Gasteiger partial charge on any atom is -0.490 e. The molecule has 0 aliphatic carbocycles. The molecule has 3 atom stereocenters. The lowest BCUT2D eigenvalue weighted by Crippen LogP contribution is -2.41. The van der Waals surface area contributed by atoms with E-state index < -0.39 is 6.10 Å².